The van der Waals surface area contributed by atoms with E-state index in [1.165, 1.54) is 11.8 Å². The molecule has 0 aromatic heterocycles. The first-order valence-corrected chi connectivity index (χ1v) is 6.55. The quantitative estimate of drug-likeness (QED) is 0.852. The van der Waals surface area contributed by atoms with E-state index in [1.54, 1.807) is 19.1 Å². The summed E-state index contributed by atoms with van der Waals surface area (Å²) in [4.78, 5) is 25.9. The molecular weight excluding hydrogens is 250 g/mol. The number of rotatable bonds is 4. The first-order chi connectivity index (χ1) is 9.61. The van der Waals surface area contributed by atoms with Gasteiger partial charge in [-0.15, -0.1) is 0 Å². The molecule has 0 bridgehead atoms. The third kappa shape index (κ3) is 2.94. The Labute approximate surface area is 118 Å². The summed E-state index contributed by atoms with van der Waals surface area (Å²) in [7, 11) is 0. The van der Waals surface area contributed by atoms with Crippen molar-refractivity contribution in [3.05, 3.63) is 66.2 Å². The lowest BCUT2D eigenvalue weighted by molar-refractivity contribution is -0.117. The highest BCUT2D eigenvalue weighted by Gasteiger charge is 2.25. The van der Waals surface area contributed by atoms with Crippen molar-refractivity contribution in [1.29, 1.82) is 0 Å². The van der Waals surface area contributed by atoms with E-state index in [1.807, 2.05) is 48.5 Å². The van der Waals surface area contributed by atoms with Crippen LogP contribution < -0.4 is 4.90 Å². The van der Waals surface area contributed by atoms with Crippen LogP contribution in [-0.4, -0.2) is 17.7 Å². The minimum atomic E-state index is -0.495. The summed E-state index contributed by atoms with van der Waals surface area (Å²) in [5.74, 6) is -0.211. The molecule has 1 atom stereocenters. The highest BCUT2D eigenvalue weighted by molar-refractivity contribution is 6.09. The van der Waals surface area contributed by atoms with Crippen LogP contribution >= 0.6 is 0 Å². The Morgan fingerprint density at radius 2 is 1.40 bits per heavy atom. The van der Waals surface area contributed by atoms with Crippen LogP contribution in [0.4, 0.5) is 5.69 Å². The number of ketones is 1. The lowest BCUT2D eigenvalue weighted by Gasteiger charge is -2.27. The maximum absolute atomic E-state index is 12.7. The van der Waals surface area contributed by atoms with Gasteiger partial charge in [-0.3, -0.25) is 14.5 Å². The molecule has 0 saturated heterocycles. The van der Waals surface area contributed by atoms with Crippen molar-refractivity contribution in [2.24, 2.45) is 0 Å². The fourth-order valence-electron chi connectivity index (χ4n) is 2.01. The van der Waals surface area contributed by atoms with Crippen molar-refractivity contribution >= 4 is 17.4 Å². The smallest absolute Gasteiger partial charge is 0.258 e. The van der Waals surface area contributed by atoms with E-state index < -0.39 is 6.04 Å². The number of hydrogen-bond acceptors (Lipinski definition) is 2. The molecule has 0 aliphatic rings. The van der Waals surface area contributed by atoms with Gasteiger partial charge in [-0.2, -0.15) is 0 Å². The van der Waals surface area contributed by atoms with Crippen LogP contribution in [-0.2, 0) is 4.79 Å². The zero-order valence-electron chi connectivity index (χ0n) is 11.6. The van der Waals surface area contributed by atoms with Crippen LogP contribution in [0.5, 0.6) is 0 Å². The van der Waals surface area contributed by atoms with Crippen molar-refractivity contribution in [3.63, 3.8) is 0 Å². The summed E-state index contributed by atoms with van der Waals surface area (Å²) < 4.78 is 0. The van der Waals surface area contributed by atoms with E-state index in [2.05, 4.69) is 0 Å². The van der Waals surface area contributed by atoms with Crippen LogP contribution in [0.1, 0.15) is 24.2 Å². The fraction of sp³-hybridized carbons (Fsp3) is 0.176. The highest BCUT2D eigenvalue weighted by atomic mass is 16.2. The average molecular weight is 267 g/mol. The Kier molecular flexibility index (Phi) is 4.31. The molecule has 0 fully saturated rings. The fourth-order valence-corrected chi connectivity index (χ4v) is 2.01. The van der Waals surface area contributed by atoms with E-state index in [-0.39, 0.29) is 11.7 Å². The second-order valence-corrected chi connectivity index (χ2v) is 4.66. The molecule has 1 amide bonds. The summed E-state index contributed by atoms with van der Waals surface area (Å²) in [6, 6.07) is 17.8. The number of Topliss-reactive ketones (excluding diaryl/α,β-unsaturated/α-hetero) is 1. The van der Waals surface area contributed by atoms with E-state index in [9.17, 15) is 9.59 Å². The molecule has 0 N–H and O–H groups in total. The topological polar surface area (TPSA) is 37.4 Å². The number of benzene rings is 2. The Hall–Kier alpha value is -2.42. The van der Waals surface area contributed by atoms with E-state index in [4.69, 9.17) is 0 Å². The number of anilines is 1. The van der Waals surface area contributed by atoms with E-state index >= 15 is 0 Å². The molecule has 3 heteroatoms. The average Bonchev–Trinajstić information content (AvgIpc) is 2.49. The third-order valence-corrected chi connectivity index (χ3v) is 3.25. The van der Waals surface area contributed by atoms with Gasteiger partial charge in [0.05, 0.1) is 6.04 Å². The Morgan fingerprint density at radius 3 is 1.90 bits per heavy atom. The molecule has 0 heterocycles. The maximum atomic E-state index is 12.7. The molecule has 2 aromatic rings. The van der Waals surface area contributed by atoms with Gasteiger partial charge in [0.25, 0.3) is 5.91 Å². The van der Waals surface area contributed by atoms with Crippen LogP contribution in [0, 0.1) is 0 Å². The number of nitrogens with zero attached hydrogens (tertiary/aromatic N) is 1. The van der Waals surface area contributed by atoms with Gasteiger partial charge in [-0.1, -0.05) is 36.4 Å². The van der Waals surface area contributed by atoms with Crippen LogP contribution in [0.2, 0.25) is 0 Å². The lowest BCUT2D eigenvalue weighted by atomic mass is 10.1. The molecule has 0 aliphatic carbocycles. The molecule has 0 spiro atoms. The van der Waals surface area contributed by atoms with Crippen LogP contribution in [0.25, 0.3) is 0 Å². The molecule has 102 valence electrons. The van der Waals surface area contributed by atoms with E-state index in [0.29, 0.717) is 5.56 Å². The van der Waals surface area contributed by atoms with Crippen molar-refractivity contribution in [2.45, 2.75) is 19.9 Å². The third-order valence-electron chi connectivity index (χ3n) is 3.25. The molecule has 1 unspecified atom stereocenters. The minimum Gasteiger partial charge on any atom is -0.298 e. The number of carbonyl (C=O) groups is 2. The van der Waals surface area contributed by atoms with Crippen molar-refractivity contribution in [1.82, 2.24) is 0 Å². The molecule has 2 aromatic carbocycles. The molecule has 20 heavy (non-hydrogen) atoms. The number of hydrogen-bond donors (Lipinski definition) is 0. The second kappa shape index (κ2) is 6.15. The zero-order valence-corrected chi connectivity index (χ0v) is 11.6. The monoisotopic (exact) mass is 267 g/mol. The Balaban J connectivity index is 2.42. The van der Waals surface area contributed by atoms with Crippen molar-refractivity contribution in [2.75, 3.05) is 4.90 Å². The van der Waals surface area contributed by atoms with Gasteiger partial charge in [-0.05, 0) is 38.1 Å². The van der Waals surface area contributed by atoms with Crippen LogP contribution in [0.3, 0.4) is 0 Å². The van der Waals surface area contributed by atoms with E-state index in [0.717, 1.165) is 5.69 Å². The van der Waals surface area contributed by atoms with Crippen molar-refractivity contribution in [3.8, 4) is 0 Å². The molecule has 0 radical (unpaired) electrons. The molecule has 2 rings (SSSR count). The number of carbonyl (C=O) groups excluding carboxylic acids is 2. The van der Waals surface area contributed by atoms with Gasteiger partial charge < -0.3 is 0 Å². The minimum absolute atomic E-state index is 0.0434. The molecule has 0 saturated carbocycles. The van der Waals surface area contributed by atoms with Gasteiger partial charge in [0, 0.05) is 11.3 Å². The standard InChI is InChI=1S/C17H17NO2/c1-13(14(2)19)18(16-11-7-4-8-12-16)17(20)15-9-5-3-6-10-15/h3-13H,1-2H3. The summed E-state index contributed by atoms with van der Waals surface area (Å²) >= 11 is 0. The first-order valence-electron chi connectivity index (χ1n) is 6.55. The summed E-state index contributed by atoms with van der Waals surface area (Å²) in [5.41, 5.74) is 1.30. The maximum Gasteiger partial charge on any atom is 0.258 e. The zero-order chi connectivity index (χ0) is 14.5. The Bertz CT molecular complexity index is 593. The van der Waals surface area contributed by atoms with Gasteiger partial charge >= 0.3 is 0 Å². The SMILES string of the molecule is CC(=O)C(C)N(C(=O)c1ccccc1)c1ccccc1. The number of para-hydroxylation sites is 1. The van der Waals surface area contributed by atoms with Gasteiger partial charge in [0.2, 0.25) is 0 Å². The summed E-state index contributed by atoms with van der Waals surface area (Å²) in [6.07, 6.45) is 0. The number of amides is 1. The lowest BCUT2D eigenvalue weighted by Crippen LogP contribution is -2.42. The van der Waals surface area contributed by atoms with Crippen molar-refractivity contribution < 1.29 is 9.59 Å². The second-order valence-electron chi connectivity index (χ2n) is 4.66. The predicted molar refractivity (Wildman–Crippen MR) is 79.8 cm³/mol. The first kappa shape index (κ1) is 14.0. The normalized spacial score (nSPS) is 11.7. The highest BCUT2D eigenvalue weighted by Crippen LogP contribution is 2.20. The van der Waals surface area contributed by atoms with Gasteiger partial charge in [0.15, 0.2) is 5.78 Å². The van der Waals surface area contributed by atoms with Gasteiger partial charge in [0.1, 0.15) is 0 Å². The molecule has 0 aliphatic heterocycles. The largest absolute Gasteiger partial charge is 0.298 e. The summed E-state index contributed by atoms with van der Waals surface area (Å²) in [6.45, 7) is 3.25. The molecule has 3 nitrogen and oxygen atoms in total. The molecular formula is C17H17NO2. The van der Waals surface area contributed by atoms with Gasteiger partial charge in [-0.25, -0.2) is 0 Å². The summed E-state index contributed by atoms with van der Waals surface area (Å²) in [5, 5.41) is 0. The Morgan fingerprint density at radius 1 is 0.900 bits per heavy atom. The van der Waals surface area contributed by atoms with Crippen LogP contribution in [0.15, 0.2) is 60.7 Å². The predicted octanol–water partition coefficient (Wildman–Crippen LogP) is 3.31.